The second-order valence-corrected chi connectivity index (χ2v) is 8.19. The molecule has 0 saturated heterocycles. The van der Waals surface area contributed by atoms with Crippen molar-refractivity contribution in [3.63, 3.8) is 0 Å². The van der Waals surface area contributed by atoms with Gasteiger partial charge in [0.05, 0.1) is 5.03 Å². The minimum absolute atomic E-state index is 0.00800. The zero-order valence-corrected chi connectivity index (χ0v) is 14.0. The Morgan fingerprint density at radius 2 is 2.22 bits per heavy atom. The predicted molar refractivity (Wildman–Crippen MR) is 86.3 cm³/mol. The quantitative estimate of drug-likeness (QED) is 0.365. The Kier molecular flexibility index (Phi) is 4.28. The molecule has 3 unspecified atom stereocenters. The van der Waals surface area contributed by atoms with Gasteiger partial charge in [0.1, 0.15) is 4.33 Å². The smallest absolute Gasteiger partial charge is 0.131 e. The summed E-state index contributed by atoms with van der Waals surface area (Å²) in [6.45, 7) is 5.89. The summed E-state index contributed by atoms with van der Waals surface area (Å²) in [5.41, 5.74) is 1.04. The van der Waals surface area contributed by atoms with Crippen LogP contribution in [0.1, 0.15) is 6.92 Å². The van der Waals surface area contributed by atoms with Gasteiger partial charge in [-0.15, -0.1) is 23.2 Å². The molecule has 2 rings (SSSR count). The number of hydrogen-bond donors (Lipinski definition) is 1. The standard InChI is InChI=1S/C13H11Cl3IN/c1-7-5-9(3-4-10(14)6-7)12-11(8(2)17-18)13(12,15)16/h5-6,9,11-12,18H,2H2,1H3. The van der Waals surface area contributed by atoms with Crippen molar-refractivity contribution in [3.8, 4) is 11.8 Å². The second-order valence-electron chi connectivity index (χ2n) is 4.42. The molecule has 1 nitrogen and oxygen atoms in total. The van der Waals surface area contributed by atoms with E-state index >= 15 is 0 Å². The van der Waals surface area contributed by atoms with E-state index < -0.39 is 25.4 Å². The Labute approximate surface area is 132 Å². The van der Waals surface area contributed by atoms with Gasteiger partial charge in [0, 0.05) is 42.4 Å². The molecule has 18 heavy (non-hydrogen) atoms. The highest BCUT2D eigenvalue weighted by atomic mass is 127. The summed E-state index contributed by atoms with van der Waals surface area (Å²) >= 11 is 17.8. The van der Waals surface area contributed by atoms with Gasteiger partial charge in [0.2, 0.25) is 0 Å². The molecule has 0 aromatic heterocycles. The summed E-state index contributed by atoms with van der Waals surface area (Å²) in [7, 11) is 0. The monoisotopic (exact) mass is 413 g/mol. The van der Waals surface area contributed by atoms with E-state index in [2.05, 4.69) is 18.4 Å². The van der Waals surface area contributed by atoms with Crippen LogP contribution in [0.5, 0.6) is 0 Å². The number of allylic oxidation sites excluding steroid dienone is 5. The summed E-state index contributed by atoms with van der Waals surface area (Å²) < 4.78 is 7.53. The van der Waals surface area contributed by atoms with Crippen molar-refractivity contribution in [1.82, 2.24) is 0 Å². The van der Waals surface area contributed by atoms with Crippen molar-refractivity contribution in [3.05, 3.63) is 32.9 Å². The lowest BCUT2D eigenvalue weighted by Crippen LogP contribution is -2.02. The number of rotatable bonds is 3. The van der Waals surface area contributed by atoms with E-state index in [0.717, 1.165) is 9.15 Å². The molecule has 3 atom stereocenters. The van der Waals surface area contributed by atoms with Gasteiger partial charge in [0.15, 0.2) is 0 Å². The van der Waals surface area contributed by atoms with Gasteiger partial charge < -0.3 is 0 Å². The van der Waals surface area contributed by atoms with Crippen molar-refractivity contribution in [2.45, 2.75) is 11.3 Å². The summed E-state index contributed by atoms with van der Waals surface area (Å²) in [5.74, 6) is 6.00. The maximum absolute atomic E-state index is 7.48. The van der Waals surface area contributed by atoms with E-state index in [1.54, 1.807) is 0 Å². The predicted octanol–water partition coefficient (Wildman–Crippen LogP) is 5.36. The molecule has 1 saturated carbocycles. The topological polar surface area (TPSA) is 23.9 Å². The van der Waals surface area contributed by atoms with E-state index in [4.69, 9.17) is 38.4 Å². The molecule has 0 aromatic rings. The third-order valence-electron chi connectivity index (χ3n) is 3.11. The Morgan fingerprint density at radius 3 is 2.83 bits per heavy atom. The highest BCUT2D eigenvalue weighted by Crippen LogP contribution is 2.67. The van der Waals surface area contributed by atoms with E-state index in [1.807, 2.05) is 19.1 Å². The van der Waals surface area contributed by atoms with Crippen LogP contribution >= 0.6 is 55.8 Å². The molecule has 0 aliphatic heterocycles. The van der Waals surface area contributed by atoms with Gasteiger partial charge in [-0.25, -0.2) is 0 Å². The average molecular weight is 415 g/mol. The molecule has 0 heterocycles. The fourth-order valence-corrected chi connectivity index (χ4v) is 4.96. The van der Waals surface area contributed by atoms with E-state index in [1.165, 1.54) is 0 Å². The van der Waals surface area contributed by atoms with Crippen LogP contribution in [0.4, 0.5) is 0 Å². The van der Waals surface area contributed by atoms with Crippen LogP contribution < -0.4 is 0 Å². The fourth-order valence-electron chi connectivity index (χ4n) is 2.21. The summed E-state index contributed by atoms with van der Waals surface area (Å²) in [6.07, 6.45) is 3.88. The lowest BCUT2D eigenvalue weighted by molar-refractivity contribution is 0.675. The average Bonchev–Trinajstić information content (AvgIpc) is 2.89. The number of halogens is 4. The lowest BCUT2D eigenvalue weighted by atomic mass is 10.0. The molecule has 0 bridgehead atoms. The maximum Gasteiger partial charge on any atom is 0.131 e. The summed E-state index contributed by atoms with van der Waals surface area (Å²) in [6, 6.07) is 0. The largest absolute Gasteiger partial charge is 0.274 e. The van der Waals surface area contributed by atoms with Gasteiger partial charge >= 0.3 is 0 Å². The van der Waals surface area contributed by atoms with Crippen molar-refractivity contribution in [1.29, 1.82) is 3.56 Å². The zero-order chi connectivity index (χ0) is 13.5. The number of alkyl halides is 2. The Balaban J connectivity index is 2.27. The van der Waals surface area contributed by atoms with Gasteiger partial charge in [-0.2, -0.15) is 0 Å². The molecule has 2 aliphatic carbocycles. The van der Waals surface area contributed by atoms with Crippen LogP contribution in [0.15, 0.2) is 32.9 Å². The Morgan fingerprint density at radius 1 is 1.56 bits per heavy atom. The molecule has 0 radical (unpaired) electrons. The Hall–Kier alpha value is 0.180. The molecule has 1 fully saturated rings. The van der Waals surface area contributed by atoms with Gasteiger partial charge in [-0.3, -0.25) is 3.56 Å². The molecule has 1 N–H and O–H groups in total. The lowest BCUT2D eigenvalue weighted by Gasteiger charge is -2.05. The van der Waals surface area contributed by atoms with E-state index in [9.17, 15) is 0 Å². The second kappa shape index (κ2) is 5.28. The van der Waals surface area contributed by atoms with Crippen molar-refractivity contribution < 1.29 is 0 Å². The molecule has 5 heteroatoms. The van der Waals surface area contributed by atoms with Crippen LogP contribution in [-0.4, -0.2) is 4.33 Å². The first-order valence-electron chi connectivity index (χ1n) is 5.32. The van der Waals surface area contributed by atoms with E-state index in [0.29, 0.717) is 5.03 Å². The SMILES string of the molecule is C=C(I=N)C1C(C2C#CC(Cl)=CC(C)=C2)C1(Cl)Cl. The first-order chi connectivity index (χ1) is 8.37. The van der Waals surface area contributed by atoms with Crippen molar-refractivity contribution in [2.75, 3.05) is 0 Å². The third kappa shape index (κ3) is 2.70. The maximum atomic E-state index is 7.48. The fraction of sp³-hybridized carbons (Fsp3) is 0.385. The van der Waals surface area contributed by atoms with Crippen LogP contribution in [0.2, 0.25) is 0 Å². The molecule has 96 valence electrons. The molecule has 0 aromatic carbocycles. The van der Waals surface area contributed by atoms with Crippen molar-refractivity contribution >= 4 is 55.8 Å². The van der Waals surface area contributed by atoms with Gasteiger partial charge in [-0.05, 0) is 13.0 Å². The van der Waals surface area contributed by atoms with Gasteiger partial charge in [0.25, 0.3) is 0 Å². The minimum atomic E-state index is -0.829. The first kappa shape index (κ1) is 14.6. The normalized spacial score (nSPS) is 32.6. The van der Waals surface area contributed by atoms with E-state index in [-0.39, 0.29) is 17.8 Å². The molecule has 0 spiro atoms. The van der Waals surface area contributed by atoms with Gasteiger partial charge in [-0.1, -0.05) is 41.7 Å². The molecular formula is C13H11Cl3IN. The highest BCUT2D eigenvalue weighted by Gasteiger charge is 2.66. The van der Waals surface area contributed by atoms with Crippen LogP contribution in [0.25, 0.3) is 0 Å². The van der Waals surface area contributed by atoms with Crippen LogP contribution in [0, 0.1) is 33.2 Å². The first-order valence-corrected chi connectivity index (χ1v) is 8.61. The number of nitrogens with one attached hydrogen (secondary N) is 1. The zero-order valence-electron chi connectivity index (χ0n) is 9.61. The summed E-state index contributed by atoms with van der Waals surface area (Å²) in [4.78, 5) is 0. The Bertz CT molecular complexity index is 536. The van der Waals surface area contributed by atoms with Crippen LogP contribution in [-0.2, 0) is 0 Å². The molecule has 2 aliphatic rings. The van der Waals surface area contributed by atoms with Crippen molar-refractivity contribution in [2.24, 2.45) is 17.8 Å². The molecular weight excluding hydrogens is 403 g/mol. The highest BCUT2D eigenvalue weighted by molar-refractivity contribution is 14.2. The third-order valence-corrected chi connectivity index (χ3v) is 5.65. The summed E-state index contributed by atoms with van der Waals surface area (Å²) in [5, 5.41) is 0.532. The molecule has 0 amide bonds. The number of hydrogen-bond acceptors (Lipinski definition) is 1. The minimum Gasteiger partial charge on any atom is -0.274 e. The van der Waals surface area contributed by atoms with Crippen LogP contribution in [0.3, 0.4) is 0 Å².